The van der Waals surface area contributed by atoms with E-state index in [0.717, 1.165) is 23.9 Å². The van der Waals surface area contributed by atoms with Gasteiger partial charge in [-0.05, 0) is 61.1 Å². The summed E-state index contributed by atoms with van der Waals surface area (Å²) in [5, 5.41) is 3.74. The van der Waals surface area contributed by atoms with Crippen LogP contribution >= 0.6 is 15.9 Å². The smallest absolute Gasteiger partial charge is 0.0884 e. The lowest BCUT2D eigenvalue weighted by atomic mass is 9.71. The minimum Gasteiger partial charge on any atom is -0.376 e. The molecule has 4 rings (SSSR count). The highest BCUT2D eigenvalue weighted by molar-refractivity contribution is 9.10. The molecule has 1 fully saturated rings. The Hall–Kier alpha value is -1.16. The van der Waals surface area contributed by atoms with Crippen molar-refractivity contribution in [3.63, 3.8) is 0 Å². The van der Waals surface area contributed by atoms with E-state index in [-0.39, 0.29) is 11.5 Å². The molecule has 2 aromatic carbocycles. The van der Waals surface area contributed by atoms with Crippen LogP contribution in [-0.2, 0) is 17.6 Å². The zero-order valence-electron chi connectivity index (χ0n) is 14.1. The van der Waals surface area contributed by atoms with Gasteiger partial charge in [0.2, 0.25) is 0 Å². The third kappa shape index (κ3) is 2.94. The number of ether oxygens (including phenoxy) is 1. The second-order valence-corrected chi connectivity index (χ2v) is 8.21. The fourth-order valence-corrected chi connectivity index (χ4v) is 5.03. The number of fused-ring (bicyclic) bond motifs is 1. The van der Waals surface area contributed by atoms with Crippen LogP contribution in [0.2, 0.25) is 0 Å². The highest BCUT2D eigenvalue weighted by Gasteiger charge is 2.48. The molecule has 2 aromatic rings. The van der Waals surface area contributed by atoms with Crippen molar-refractivity contribution in [1.82, 2.24) is 5.32 Å². The first-order valence-electron chi connectivity index (χ1n) is 8.79. The van der Waals surface area contributed by atoms with Gasteiger partial charge in [0, 0.05) is 23.0 Å². The number of halogens is 1. The van der Waals surface area contributed by atoms with E-state index < -0.39 is 0 Å². The normalized spacial score (nSPS) is 28.9. The lowest BCUT2D eigenvalue weighted by Gasteiger charge is -2.42. The Kier molecular flexibility index (Phi) is 4.50. The average molecular weight is 386 g/mol. The van der Waals surface area contributed by atoms with E-state index >= 15 is 0 Å². The Morgan fingerprint density at radius 3 is 2.75 bits per heavy atom. The van der Waals surface area contributed by atoms with Gasteiger partial charge in [-0.3, -0.25) is 0 Å². The van der Waals surface area contributed by atoms with Crippen molar-refractivity contribution >= 4 is 15.9 Å². The summed E-state index contributed by atoms with van der Waals surface area (Å²) in [6.07, 6.45) is 4.85. The zero-order valence-corrected chi connectivity index (χ0v) is 15.7. The van der Waals surface area contributed by atoms with Crippen LogP contribution in [0.4, 0.5) is 0 Å². The van der Waals surface area contributed by atoms with Gasteiger partial charge in [-0.2, -0.15) is 0 Å². The molecule has 24 heavy (non-hydrogen) atoms. The van der Waals surface area contributed by atoms with Gasteiger partial charge < -0.3 is 10.1 Å². The van der Waals surface area contributed by atoms with E-state index in [2.05, 4.69) is 69.8 Å². The molecule has 1 aliphatic heterocycles. The molecule has 1 N–H and O–H groups in total. The number of nitrogens with one attached hydrogen (secondary N) is 1. The summed E-state index contributed by atoms with van der Waals surface area (Å²) in [6, 6.07) is 18.1. The molecule has 0 amide bonds. The van der Waals surface area contributed by atoms with Gasteiger partial charge in [-0.15, -0.1) is 0 Å². The minimum atomic E-state index is 0.239. The van der Waals surface area contributed by atoms with E-state index in [9.17, 15) is 0 Å². The maximum Gasteiger partial charge on any atom is 0.0884 e. The molecule has 1 spiro atoms. The molecule has 3 unspecified atom stereocenters. The number of benzene rings is 2. The molecule has 1 aliphatic carbocycles. The lowest BCUT2D eigenvalue weighted by Crippen LogP contribution is -2.47. The van der Waals surface area contributed by atoms with E-state index in [0.29, 0.717) is 6.04 Å². The molecule has 1 saturated heterocycles. The van der Waals surface area contributed by atoms with Crippen LogP contribution in [-0.4, -0.2) is 19.7 Å². The summed E-state index contributed by atoms with van der Waals surface area (Å²) >= 11 is 3.52. The summed E-state index contributed by atoms with van der Waals surface area (Å²) in [5.74, 6) is 0. The fourth-order valence-electron chi connectivity index (χ4n) is 4.77. The van der Waals surface area contributed by atoms with Gasteiger partial charge in [0.15, 0.2) is 0 Å². The molecule has 2 nitrogen and oxygen atoms in total. The molecule has 1 heterocycles. The molecule has 3 atom stereocenters. The van der Waals surface area contributed by atoms with Gasteiger partial charge in [-0.25, -0.2) is 0 Å². The van der Waals surface area contributed by atoms with E-state index in [1.807, 2.05) is 7.11 Å². The number of piperidine rings is 1. The van der Waals surface area contributed by atoms with Gasteiger partial charge in [0.25, 0.3) is 0 Å². The molecule has 0 radical (unpaired) electrons. The SMILES string of the molecule is COC1c2ccccc2CC12CCNC(Cc1ccc(Br)cc1)C2. The predicted octanol–water partition coefficient (Wildman–Crippen LogP) is 4.67. The fraction of sp³-hybridized carbons (Fsp3) is 0.429. The first-order valence-corrected chi connectivity index (χ1v) is 9.58. The van der Waals surface area contributed by atoms with Crippen molar-refractivity contribution in [2.45, 2.75) is 37.8 Å². The first kappa shape index (κ1) is 16.3. The van der Waals surface area contributed by atoms with Crippen LogP contribution in [0.5, 0.6) is 0 Å². The van der Waals surface area contributed by atoms with Crippen molar-refractivity contribution in [2.75, 3.05) is 13.7 Å². The largest absolute Gasteiger partial charge is 0.376 e. The molecule has 126 valence electrons. The lowest BCUT2D eigenvalue weighted by molar-refractivity contribution is -0.0290. The van der Waals surface area contributed by atoms with Crippen molar-refractivity contribution in [3.05, 3.63) is 69.7 Å². The van der Waals surface area contributed by atoms with Crippen molar-refractivity contribution in [1.29, 1.82) is 0 Å². The van der Waals surface area contributed by atoms with Crippen LogP contribution in [0, 0.1) is 5.41 Å². The summed E-state index contributed by atoms with van der Waals surface area (Å²) in [7, 11) is 1.88. The molecule has 2 aliphatic rings. The van der Waals surface area contributed by atoms with E-state index in [4.69, 9.17) is 4.74 Å². The van der Waals surface area contributed by atoms with Crippen molar-refractivity contribution < 1.29 is 4.74 Å². The number of hydrogen-bond donors (Lipinski definition) is 1. The van der Waals surface area contributed by atoms with Crippen LogP contribution in [0.25, 0.3) is 0 Å². The summed E-state index contributed by atoms with van der Waals surface area (Å²) in [6.45, 7) is 1.08. The van der Waals surface area contributed by atoms with Crippen LogP contribution in [0.15, 0.2) is 53.0 Å². The Morgan fingerprint density at radius 1 is 1.17 bits per heavy atom. The second kappa shape index (κ2) is 6.62. The molecule has 0 saturated carbocycles. The average Bonchev–Trinajstić information content (AvgIpc) is 2.89. The van der Waals surface area contributed by atoms with Crippen LogP contribution in [0.3, 0.4) is 0 Å². The minimum absolute atomic E-state index is 0.239. The molecule has 0 aromatic heterocycles. The number of methoxy groups -OCH3 is 1. The molecular weight excluding hydrogens is 362 g/mol. The van der Waals surface area contributed by atoms with Gasteiger partial charge in [0.05, 0.1) is 6.10 Å². The molecular formula is C21H24BrNO. The first-order chi connectivity index (χ1) is 11.7. The molecule has 3 heteroatoms. The quantitative estimate of drug-likeness (QED) is 0.828. The predicted molar refractivity (Wildman–Crippen MR) is 101 cm³/mol. The monoisotopic (exact) mass is 385 g/mol. The van der Waals surface area contributed by atoms with Crippen molar-refractivity contribution in [3.8, 4) is 0 Å². The third-order valence-corrected chi connectivity index (χ3v) is 6.30. The van der Waals surface area contributed by atoms with E-state index in [1.165, 1.54) is 29.5 Å². The zero-order chi connectivity index (χ0) is 16.6. The number of hydrogen-bond acceptors (Lipinski definition) is 2. The number of rotatable bonds is 3. The van der Waals surface area contributed by atoms with Crippen LogP contribution < -0.4 is 5.32 Å². The Bertz CT molecular complexity index is 714. The Morgan fingerprint density at radius 2 is 1.96 bits per heavy atom. The van der Waals surface area contributed by atoms with Gasteiger partial charge >= 0.3 is 0 Å². The summed E-state index contributed by atoms with van der Waals surface area (Å²) in [4.78, 5) is 0. The highest BCUT2D eigenvalue weighted by atomic mass is 79.9. The maximum absolute atomic E-state index is 6.01. The van der Waals surface area contributed by atoms with Crippen molar-refractivity contribution in [2.24, 2.45) is 5.41 Å². The van der Waals surface area contributed by atoms with E-state index in [1.54, 1.807) is 0 Å². The topological polar surface area (TPSA) is 21.3 Å². The second-order valence-electron chi connectivity index (χ2n) is 7.29. The summed E-state index contributed by atoms with van der Waals surface area (Å²) in [5.41, 5.74) is 4.54. The Labute approximate surface area is 152 Å². The van der Waals surface area contributed by atoms with Gasteiger partial charge in [0.1, 0.15) is 0 Å². The Balaban J connectivity index is 1.55. The third-order valence-electron chi connectivity index (χ3n) is 5.78. The molecule has 0 bridgehead atoms. The van der Waals surface area contributed by atoms with Gasteiger partial charge in [-0.1, -0.05) is 52.3 Å². The maximum atomic E-state index is 6.01. The summed E-state index contributed by atoms with van der Waals surface area (Å²) < 4.78 is 7.15. The highest BCUT2D eigenvalue weighted by Crippen LogP contribution is 2.53. The van der Waals surface area contributed by atoms with Crippen LogP contribution in [0.1, 0.15) is 35.6 Å². The standard InChI is InChI=1S/C21H24BrNO/c1-24-20-19-5-3-2-4-16(19)13-21(20)10-11-23-18(14-21)12-15-6-8-17(22)9-7-15/h2-9,18,20,23H,10-14H2,1H3.